The van der Waals surface area contributed by atoms with Gasteiger partial charge in [-0.15, -0.1) is 0 Å². The third-order valence-electron chi connectivity index (χ3n) is 4.99. The number of ether oxygens (including phenoxy) is 2. The Balaban J connectivity index is 1.80. The summed E-state index contributed by atoms with van der Waals surface area (Å²) in [5, 5.41) is 8.15. The van der Waals surface area contributed by atoms with Gasteiger partial charge in [-0.2, -0.15) is 0 Å². The third-order valence-corrected chi connectivity index (χ3v) is 4.99. The molecule has 34 heavy (non-hydrogen) atoms. The lowest BCUT2D eigenvalue weighted by atomic mass is 10.0. The second kappa shape index (κ2) is 11.4. The normalized spacial score (nSPS) is 11.1. The van der Waals surface area contributed by atoms with Crippen molar-refractivity contribution in [2.75, 3.05) is 24.9 Å². The molecule has 0 saturated heterocycles. The summed E-state index contributed by atoms with van der Waals surface area (Å²) in [6.07, 6.45) is -0.0646. The number of hydrogen-bond acceptors (Lipinski definition) is 5. The van der Waals surface area contributed by atoms with Gasteiger partial charge in [-0.1, -0.05) is 48.5 Å². The van der Waals surface area contributed by atoms with Crippen LogP contribution in [0.25, 0.3) is 0 Å². The lowest BCUT2D eigenvalue weighted by Crippen LogP contribution is -2.35. The molecule has 0 aliphatic heterocycles. The van der Waals surface area contributed by atoms with Gasteiger partial charge in [0.05, 0.1) is 38.1 Å². The number of primary amides is 1. The smallest absolute Gasteiger partial charge is 0.312 e. The minimum Gasteiger partial charge on any atom is -0.494 e. The first-order chi connectivity index (χ1) is 16.4. The van der Waals surface area contributed by atoms with Gasteiger partial charge in [0, 0.05) is 17.7 Å². The summed E-state index contributed by atoms with van der Waals surface area (Å²) < 4.78 is 10.8. The zero-order valence-corrected chi connectivity index (χ0v) is 18.8. The summed E-state index contributed by atoms with van der Waals surface area (Å²) in [6.45, 7) is 0. The van der Waals surface area contributed by atoms with E-state index in [-0.39, 0.29) is 18.2 Å². The summed E-state index contributed by atoms with van der Waals surface area (Å²) in [5.41, 5.74) is 7.22. The van der Waals surface area contributed by atoms with E-state index in [1.54, 1.807) is 60.7 Å². The van der Waals surface area contributed by atoms with Crippen LogP contribution in [0.15, 0.2) is 72.8 Å². The molecule has 0 fully saturated rings. The molecule has 0 radical (unpaired) electrons. The standard InChI is InChI=1S/C25H26N4O5/c1-33-21-14-20(28-24(31)17-11-7-4-8-12-17)22(34-2)13-19(21)27-23(30)15-18(29-25(26)32)16-9-5-3-6-10-16/h3-14,18H,15H2,1-2H3,(H,27,30)(H,28,31)(H3,26,29,32). The van der Waals surface area contributed by atoms with E-state index in [1.807, 2.05) is 12.1 Å². The maximum atomic E-state index is 12.8. The first kappa shape index (κ1) is 24.1. The lowest BCUT2D eigenvalue weighted by molar-refractivity contribution is -0.116. The Morgan fingerprint density at radius 1 is 0.824 bits per heavy atom. The van der Waals surface area contributed by atoms with Crippen molar-refractivity contribution in [3.63, 3.8) is 0 Å². The molecule has 1 unspecified atom stereocenters. The van der Waals surface area contributed by atoms with Crippen molar-refractivity contribution in [2.45, 2.75) is 12.5 Å². The molecule has 0 aliphatic rings. The number of methoxy groups -OCH3 is 2. The molecule has 4 amide bonds. The van der Waals surface area contributed by atoms with E-state index in [0.29, 0.717) is 28.4 Å². The van der Waals surface area contributed by atoms with Crippen LogP contribution < -0.4 is 31.2 Å². The minimum absolute atomic E-state index is 0.0646. The zero-order chi connectivity index (χ0) is 24.5. The van der Waals surface area contributed by atoms with Gasteiger partial charge < -0.3 is 31.2 Å². The Hall–Kier alpha value is -4.53. The number of nitrogens with two attached hydrogens (primary N) is 1. The molecule has 3 rings (SSSR count). The number of anilines is 2. The molecule has 0 saturated carbocycles. The molecule has 0 aliphatic carbocycles. The summed E-state index contributed by atoms with van der Waals surface area (Å²) in [5.74, 6) is -0.0584. The molecule has 0 aromatic heterocycles. The van der Waals surface area contributed by atoms with Crippen molar-refractivity contribution in [2.24, 2.45) is 5.73 Å². The Kier molecular flexibility index (Phi) is 8.07. The summed E-state index contributed by atoms with van der Waals surface area (Å²) >= 11 is 0. The predicted molar refractivity (Wildman–Crippen MR) is 129 cm³/mol. The molecule has 0 heterocycles. The zero-order valence-electron chi connectivity index (χ0n) is 18.8. The number of benzene rings is 3. The lowest BCUT2D eigenvalue weighted by Gasteiger charge is -2.19. The quantitative estimate of drug-likeness (QED) is 0.385. The van der Waals surface area contributed by atoms with Crippen LogP contribution in [0.3, 0.4) is 0 Å². The fourth-order valence-electron chi connectivity index (χ4n) is 3.37. The highest BCUT2D eigenvalue weighted by Crippen LogP contribution is 2.37. The fourth-order valence-corrected chi connectivity index (χ4v) is 3.37. The molecule has 1 atom stereocenters. The second-order valence-electron chi connectivity index (χ2n) is 7.30. The van der Waals surface area contributed by atoms with Gasteiger partial charge >= 0.3 is 6.03 Å². The van der Waals surface area contributed by atoms with E-state index < -0.39 is 12.1 Å². The van der Waals surface area contributed by atoms with Crippen molar-refractivity contribution in [1.82, 2.24) is 5.32 Å². The van der Waals surface area contributed by atoms with Gasteiger partial charge in [0.1, 0.15) is 11.5 Å². The third kappa shape index (κ3) is 6.26. The number of hydrogen-bond donors (Lipinski definition) is 4. The highest BCUT2D eigenvalue weighted by molar-refractivity contribution is 6.05. The molecular formula is C25H26N4O5. The molecule has 5 N–H and O–H groups in total. The van der Waals surface area contributed by atoms with Crippen molar-refractivity contribution in [3.05, 3.63) is 83.9 Å². The largest absolute Gasteiger partial charge is 0.494 e. The van der Waals surface area contributed by atoms with Crippen molar-refractivity contribution >= 4 is 29.2 Å². The SMILES string of the molecule is COc1cc(NC(=O)c2ccccc2)c(OC)cc1NC(=O)CC(NC(N)=O)c1ccccc1. The molecule has 176 valence electrons. The fraction of sp³-hybridized carbons (Fsp3) is 0.160. The number of carbonyl (C=O) groups excluding carboxylic acids is 3. The minimum atomic E-state index is -0.737. The molecular weight excluding hydrogens is 436 g/mol. The average Bonchev–Trinajstić information content (AvgIpc) is 2.85. The topological polar surface area (TPSA) is 132 Å². The monoisotopic (exact) mass is 462 g/mol. The maximum absolute atomic E-state index is 12.8. The summed E-state index contributed by atoms with van der Waals surface area (Å²) in [6, 6.07) is 19.5. The highest BCUT2D eigenvalue weighted by Gasteiger charge is 2.20. The molecule has 3 aromatic carbocycles. The van der Waals surface area contributed by atoms with Crippen LogP contribution in [0.4, 0.5) is 16.2 Å². The number of rotatable bonds is 9. The Bertz CT molecular complexity index is 1150. The van der Waals surface area contributed by atoms with Crippen LogP contribution in [-0.2, 0) is 4.79 Å². The molecule has 3 aromatic rings. The molecule has 0 spiro atoms. The van der Waals surface area contributed by atoms with Crippen LogP contribution in [-0.4, -0.2) is 32.1 Å². The van der Waals surface area contributed by atoms with E-state index in [9.17, 15) is 14.4 Å². The van der Waals surface area contributed by atoms with Crippen molar-refractivity contribution in [3.8, 4) is 11.5 Å². The van der Waals surface area contributed by atoms with E-state index in [1.165, 1.54) is 14.2 Å². The average molecular weight is 463 g/mol. The summed E-state index contributed by atoms with van der Waals surface area (Å²) in [7, 11) is 2.90. The second-order valence-corrected chi connectivity index (χ2v) is 7.30. The Morgan fingerprint density at radius 3 is 1.88 bits per heavy atom. The van der Waals surface area contributed by atoms with Gasteiger partial charge in [0.25, 0.3) is 5.91 Å². The van der Waals surface area contributed by atoms with E-state index in [4.69, 9.17) is 15.2 Å². The maximum Gasteiger partial charge on any atom is 0.312 e. The molecule has 9 nitrogen and oxygen atoms in total. The van der Waals surface area contributed by atoms with Gasteiger partial charge in [-0.05, 0) is 17.7 Å². The van der Waals surface area contributed by atoms with E-state index in [0.717, 1.165) is 5.56 Å². The van der Waals surface area contributed by atoms with Crippen LogP contribution in [0.1, 0.15) is 28.4 Å². The predicted octanol–water partition coefficient (Wildman–Crippen LogP) is 3.69. The van der Waals surface area contributed by atoms with Crippen molar-refractivity contribution in [1.29, 1.82) is 0 Å². The van der Waals surface area contributed by atoms with Gasteiger partial charge in [-0.3, -0.25) is 9.59 Å². The van der Waals surface area contributed by atoms with Crippen LogP contribution >= 0.6 is 0 Å². The number of nitrogens with one attached hydrogen (secondary N) is 3. The molecule has 9 heteroatoms. The van der Waals surface area contributed by atoms with Gasteiger partial charge in [-0.25, -0.2) is 4.79 Å². The molecule has 0 bridgehead atoms. The Labute approximate surface area is 197 Å². The number of amides is 4. The number of carbonyl (C=O) groups is 3. The van der Waals surface area contributed by atoms with Gasteiger partial charge in [0.15, 0.2) is 0 Å². The van der Waals surface area contributed by atoms with Crippen molar-refractivity contribution < 1.29 is 23.9 Å². The van der Waals surface area contributed by atoms with E-state index >= 15 is 0 Å². The summed E-state index contributed by atoms with van der Waals surface area (Å²) in [4.78, 5) is 36.8. The van der Waals surface area contributed by atoms with E-state index in [2.05, 4.69) is 16.0 Å². The Morgan fingerprint density at radius 2 is 1.35 bits per heavy atom. The number of urea groups is 1. The first-order valence-electron chi connectivity index (χ1n) is 10.4. The first-order valence-corrected chi connectivity index (χ1v) is 10.4. The van der Waals surface area contributed by atoms with Crippen LogP contribution in [0, 0.1) is 0 Å². The van der Waals surface area contributed by atoms with Crippen LogP contribution in [0.2, 0.25) is 0 Å². The van der Waals surface area contributed by atoms with Gasteiger partial charge in [0.2, 0.25) is 5.91 Å². The highest BCUT2D eigenvalue weighted by atomic mass is 16.5. The van der Waals surface area contributed by atoms with Crippen LogP contribution in [0.5, 0.6) is 11.5 Å².